The fraction of sp³-hybridized carbons (Fsp3) is 0.500. The van der Waals surface area contributed by atoms with Crippen LogP contribution in [0, 0.1) is 0 Å². The van der Waals surface area contributed by atoms with Gasteiger partial charge in [0.2, 0.25) is 0 Å². The molecule has 0 saturated heterocycles. The molecular formula is C12H18O3S. The highest BCUT2D eigenvalue weighted by molar-refractivity contribution is 7.86. The molecule has 16 heavy (non-hydrogen) atoms. The van der Waals surface area contributed by atoms with Crippen LogP contribution in [0.1, 0.15) is 39.2 Å². The molecule has 1 aromatic rings. The van der Waals surface area contributed by atoms with Gasteiger partial charge < -0.3 is 0 Å². The summed E-state index contributed by atoms with van der Waals surface area (Å²) in [7, 11) is -3.64. The fourth-order valence-electron chi connectivity index (χ4n) is 1.49. The summed E-state index contributed by atoms with van der Waals surface area (Å²) in [4.78, 5) is 0.277. The molecule has 1 aromatic carbocycles. The molecule has 90 valence electrons. The molecule has 0 aliphatic heterocycles. The summed E-state index contributed by atoms with van der Waals surface area (Å²) in [5.74, 6) is 0.154. The third kappa shape index (κ3) is 3.06. The maximum absolute atomic E-state index is 11.9. The smallest absolute Gasteiger partial charge is 0.264 e. The molecule has 0 unspecified atom stereocenters. The Balaban J connectivity index is 3.22. The van der Waals surface area contributed by atoms with Crippen LogP contribution in [0.5, 0.6) is 0 Å². The SMILES string of the molecule is CC(C)OS(=O)(=O)c1ccccc1C(C)C. The van der Waals surface area contributed by atoms with Crippen LogP contribution in [-0.4, -0.2) is 14.5 Å². The second kappa shape index (κ2) is 4.97. The number of hydrogen-bond donors (Lipinski definition) is 0. The zero-order chi connectivity index (χ0) is 12.3. The second-order valence-electron chi connectivity index (χ2n) is 4.29. The van der Waals surface area contributed by atoms with Crippen molar-refractivity contribution < 1.29 is 12.6 Å². The van der Waals surface area contributed by atoms with Crippen molar-refractivity contribution in [2.75, 3.05) is 0 Å². The lowest BCUT2D eigenvalue weighted by atomic mass is 10.0. The van der Waals surface area contributed by atoms with Crippen LogP contribution in [0.25, 0.3) is 0 Å². The molecule has 0 spiro atoms. The van der Waals surface area contributed by atoms with E-state index in [1.165, 1.54) is 0 Å². The van der Waals surface area contributed by atoms with Crippen LogP contribution in [0.4, 0.5) is 0 Å². The van der Waals surface area contributed by atoms with Crippen molar-refractivity contribution in [1.82, 2.24) is 0 Å². The molecule has 0 aromatic heterocycles. The Labute approximate surface area is 97.6 Å². The maximum Gasteiger partial charge on any atom is 0.297 e. The van der Waals surface area contributed by atoms with Gasteiger partial charge in [0.25, 0.3) is 10.1 Å². The van der Waals surface area contributed by atoms with E-state index in [4.69, 9.17) is 4.18 Å². The first-order valence-corrected chi connectivity index (χ1v) is 6.77. The van der Waals surface area contributed by atoms with E-state index >= 15 is 0 Å². The maximum atomic E-state index is 11.9. The average Bonchev–Trinajstić information content (AvgIpc) is 2.15. The molecule has 4 heteroatoms. The van der Waals surface area contributed by atoms with Gasteiger partial charge >= 0.3 is 0 Å². The number of rotatable bonds is 4. The molecule has 0 radical (unpaired) electrons. The number of hydrogen-bond acceptors (Lipinski definition) is 3. The summed E-state index contributed by atoms with van der Waals surface area (Å²) in [6.07, 6.45) is -0.342. The molecule has 0 bridgehead atoms. The third-order valence-corrected chi connectivity index (χ3v) is 3.68. The van der Waals surface area contributed by atoms with Gasteiger partial charge in [0.05, 0.1) is 11.0 Å². The van der Waals surface area contributed by atoms with Gasteiger partial charge in [-0.2, -0.15) is 8.42 Å². The summed E-state index contributed by atoms with van der Waals surface area (Å²) in [5.41, 5.74) is 0.795. The zero-order valence-corrected chi connectivity index (χ0v) is 10.9. The highest BCUT2D eigenvalue weighted by Crippen LogP contribution is 2.25. The lowest BCUT2D eigenvalue weighted by Crippen LogP contribution is -2.14. The second-order valence-corrected chi connectivity index (χ2v) is 5.83. The van der Waals surface area contributed by atoms with Crippen LogP contribution in [-0.2, 0) is 14.3 Å². The normalized spacial score (nSPS) is 12.4. The van der Waals surface area contributed by atoms with Gasteiger partial charge in [-0.3, -0.25) is 4.18 Å². The third-order valence-electron chi connectivity index (χ3n) is 2.13. The molecule has 0 aliphatic rings. The van der Waals surface area contributed by atoms with E-state index in [1.54, 1.807) is 26.0 Å². The van der Waals surface area contributed by atoms with Crippen molar-refractivity contribution in [3.05, 3.63) is 29.8 Å². The summed E-state index contributed by atoms with van der Waals surface area (Å²) >= 11 is 0. The van der Waals surface area contributed by atoms with Crippen LogP contribution in [0.3, 0.4) is 0 Å². The van der Waals surface area contributed by atoms with Crippen molar-refractivity contribution in [1.29, 1.82) is 0 Å². The van der Waals surface area contributed by atoms with Crippen molar-refractivity contribution >= 4 is 10.1 Å². The van der Waals surface area contributed by atoms with E-state index in [0.29, 0.717) is 0 Å². The lowest BCUT2D eigenvalue weighted by Gasteiger charge is -2.14. The monoisotopic (exact) mass is 242 g/mol. The van der Waals surface area contributed by atoms with Crippen molar-refractivity contribution in [2.24, 2.45) is 0 Å². The molecule has 3 nitrogen and oxygen atoms in total. The average molecular weight is 242 g/mol. The molecule has 0 atom stereocenters. The Morgan fingerprint density at radius 1 is 1.06 bits per heavy atom. The first-order valence-electron chi connectivity index (χ1n) is 5.37. The van der Waals surface area contributed by atoms with E-state index in [2.05, 4.69) is 0 Å². The van der Waals surface area contributed by atoms with E-state index < -0.39 is 10.1 Å². The van der Waals surface area contributed by atoms with Gasteiger partial charge in [0, 0.05) is 0 Å². The first-order chi connectivity index (χ1) is 7.34. The van der Waals surface area contributed by atoms with Gasteiger partial charge in [-0.1, -0.05) is 32.0 Å². The first kappa shape index (κ1) is 13.2. The highest BCUT2D eigenvalue weighted by atomic mass is 32.2. The lowest BCUT2D eigenvalue weighted by molar-refractivity contribution is 0.248. The van der Waals surface area contributed by atoms with Gasteiger partial charge in [-0.15, -0.1) is 0 Å². The van der Waals surface area contributed by atoms with Crippen molar-refractivity contribution in [3.8, 4) is 0 Å². The zero-order valence-electron chi connectivity index (χ0n) is 10.1. The topological polar surface area (TPSA) is 43.4 Å². The molecule has 0 fully saturated rings. The molecule has 0 amide bonds. The predicted molar refractivity (Wildman–Crippen MR) is 63.9 cm³/mol. The van der Waals surface area contributed by atoms with Crippen LogP contribution in [0.2, 0.25) is 0 Å². The Hall–Kier alpha value is -0.870. The number of benzene rings is 1. The quantitative estimate of drug-likeness (QED) is 0.762. The van der Waals surface area contributed by atoms with E-state index in [0.717, 1.165) is 5.56 Å². The minimum atomic E-state index is -3.64. The molecule has 0 aliphatic carbocycles. The van der Waals surface area contributed by atoms with Crippen molar-refractivity contribution in [3.63, 3.8) is 0 Å². The highest BCUT2D eigenvalue weighted by Gasteiger charge is 2.21. The Morgan fingerprint density at radius 3 is 2.12 bits per heavy atom. The summed E-state index contributed by atoms with van der Waals surface area (Å²) in [6, 6.07) is 6.96. The largest absolute Gasteiger partial charge is 0.297 e. The molecule has 0 N–H and O–H groups in total. The van der Waals surface area contributed by atoms with Crippen molar-refractivity contribution in [2.45, 2.75) is 44.6 Å². The minimum absolute atomic E-state index is 0.154. The van der Waals surface area contributed by atoms with Gasteiger partial charge in [0.15, 0.2) is 0 Å². The Kier molecular flexibility index (Phi) is 4.10. The van der Waals surface area contributed by atoms with Crippen LogP contribution >= 0.6 is 0 Å². The molecular weight excluding hydrogens is 224 g/mol. The Morgan fingerprint density at radius 2 is 1.62 bits per heavy atom. The van der Waals surface area contributed by atoms with Crippen LogP contribution in [0.15, 0.2) is 29.2 Å². The van der Waals surface area contributed by atoms with E-state index in [1.807, 2.05) is 26.0 Å². The van der Waals surface area contributed by atoms with Gasteiger partial charge in [0.1, 0.15) is 0 Å². The van der Waals surface area contributed by atoms with E-state index in [-0.39, 0.29) is 16.9 Å². The van der Waals surface area contributed by atoms with Crippen LogP contribution < -0.4 is 0 Å². The predicted octanol–water partition coefficient (Wildman–Crippen LogP) is 2.92. The summed E-state index contributed by atoms with van der Waals surface area (Å²) < 4.78 is 28.9. The molecule has 0 saturated carbocycles. The summed E-state index contributed by atoms with van der Waals surface area (Å²) in [6.45, 7) is 7.33. The van der Waals surface area contributed by atoms with Gasteiger partial charge in [-0.05, 0) is 31.4 Å². The van der Waals surface area contributed by atoms with Gasteiger partial charge in [-0.25, -0.2) is 0 Å². The Bertz CT molecular complexity index is 447. The fourth-order valence-corrected chi connectivity index (χ4v) is 2.94. The minimum Gasteiger partial charge on any atom is -0.264 e. The standard InChI is InChI=1S/C12H18O3S/c1-9(2)11-7-5-6-8-12(11)16(13,14)15-10(3)4/h5-10H,1-4H3. The van der Waals surface area contributed by atoms with E-state index in [9.17, 15) is 8.42 Å². The molecule has 1 rings (SSSR count). The molecule has 0 heterocycles. The summed E-state index contributed by atoms with van der Waals surface area (Å²) in [5, 5.41) is 0.